The minimum absolute atomic E-state index is 0.264. The second kappa shape index (κ2) is 8.10. The number of fused-ring (bicyclic) bond motifs is 1. The average Bonchev–Trinajstić information content (AvgIpc) is 2.73. The number of nitrogens with one attached hydrogen (secondary N) is 1. The van der Waals surface area contributed by atoms with E-state index in [1.54, 1.807) is 0 Å². The van der Waals surface area contributed by atoms with E-state index >= 15 is 0 Å². The topological polar surface area (TPSA) is 47.6 Å². The maximum Gasteiger partial charge on any atom is 0.302 e. The van der Waals surface area contributed by atoms with Crippen LogP contribution in [0.3, 0.4) is 0 Å². The highest BCUT2D eigenvalue weighted by molar-refractivity contribution is 5.66. The summed E-state index contributed by atoms with van der Waals surface area (Å²) >= 11 is 0. The van der Waals surface area contributed by atoms with Gasteiger partial charge in [0.1, 0.15) is 17.9 Å². The highest BCUT2D eigenvalue weighted by atomic mass is 16.6. The van der Waals surface area contributed by atoms with Gasteiger partial charge in [0.15, 0.2) is 0 Å². The Kier molecular flexibility index (Phi) is 5.36. The predicted molar refractivity (Wildman–Crippen MR) is 114 cm³/mol. The quantitative estimate of drug-likeness (QED) is 0.620. The number of para-hydroxylation sites is 1. The van der Waals surface area contributed by atoms with Crippen LogP contribution in [0.15, 0.2) is 84.9 Å². The molecule has 3 aromatic rings. The first-order valence-electron chi connectivity index (χ1n) is 9.92. The first-order chi connectivity index (χ1) is 14.1. The Morgan fingerprint density at radius 1 is 0.966 bits per heavy atom. The van der Waals surface area contributed by atoms with Crippen LogP contribution in [-0.4, -0.2) is 18.3 Å². The summed E-state index contributed by atoms with van der Waals surface area (Å²) in [5, 5.41) is 3.48. The third kappa shape index (κ3) is 3.76. The molecule has 0 fully saturated rings. The number of carbonyl (C=O) groups is 1. The van der Waals surface area contributed by atoms with E-state index < -0.39 is 5.60 Å². The smallest absolute Gasteiger partial charge is 0.302 e. The molecule has 0 aliphatic carbocycles. The number of benzene rings is 3. The molecule has 148 valence electrons. The van der Waals surface area contributed by atoms with Crippen LogP contribution in [0, 0.1) is 0 Å². The Hall–Kier alpha value is -3.11. The normalized spacial score (nSPS) is 18.2. The first kappa shape index (κ1) is 19.2. The second-order valence-corrected chi connectivity index (χ2v) is 7.37. The Morgan fingerprint density at radius 2 is 1.52 bits per heavy atom. The van der Waals surface area contributed by atoms with Gasteiger partial charge < -0.3 is 14.8 Å². The third-order valence-electron chi connectivity index (χ3n) is 5.22. The van der Waals surface area contributed by atoms with Crippen molar-refractivity contribution >= 4 is 11.7 Å². The number of carbonyl (C=O) groups excluding carboxylic acids is 1. The Morgan fingerprint density at radius 3 is 2.10 bits per heavy atom. The fraction of sp³-hybridized carbons (Fsp3) is 0.240. The van der Waals surface area contributed by atoms with E-state index in [1.165, 1.54) is 6.92 Å². The summed E-state index contributed by atoms with van der Waals surface area (Å²) in [6.07, 6.45) is -0.0471. The van der Waals surface area contributed by atoms with E-state index in [0.29, 0.717) is 6.42 Å². The van der Waals surface area contributed by atoms with Crippen molar-refractivity contribution in [2.75, 3.05) is 5.32 Å². The highest BCUT2D eigenvalue weighted by Gasteiger charge is 2.44. The minimum Gasteiger partial charge on any atom is -0.463 e. The lowest BCUT2D eigenvalue weighted by atomic mass is 9.78. The summed E-state index contributed by atoms with van der Waals surface area (Å²) in [5.41, 5.74) is 3.45. The second-order valence-electron chi connectivity index (χ2n) is 7.37. The van der Waals surface area contributed by atoms with Gasteiger partial charge in [-0.3, -0.25) is 4.79 Å². The minimum atomic E-state index is -0.759. The van der Waals surface area contributed by atoms with E-state index in [1.807, 2.05) is 55.5 Å². The molecule has 29 heavy (non-hydrogen) atoms. The Balaban J connectivity index is 1.85. The van der Waals surface area contributed by atoms with Gasteiger partial charge >= 0.3 is 5.97 Å². The van der Waals surface area contributed by atoms with Crippen molar-refractivity contribution in [2.45, 2.75) is 38.2 Å². The molecule has 0 saturated heterocycles. The van der Waals surface area contributed by atoms with Gasteiger partial charge in [0.25, 0.3) is 0 Å². The van der Waals surface area contributed by atoms with Crippen LogP contribution in [0.2, 0.25) is 0 Å². The molecule has 0 radical (unpaired) electrons. The number of anilines is 1. The molecule has 4 heteroatoms. The van der Waals surface area contributed by atoms with Gasteiger partial charge in [-0.25, -0.2) is 0 Å². The molecule has 4 nitrogen and oxygen atoms in total. The van der Waals surface area contributed by atoms with Crippen LogP contribution >= 0.6 is 0 Å². The van der Waals surface area contributed by atoms with E-state index in [4.69, 9.17) is 9.47 Å². The van der Waals surface area contributed by atoms with E-state index in [9.17, 15) is 4.79 Å². The summed E-state index contributed by atoms with van der Waals surface area (Å²) in [7, 11) is 0. The summed E-state index contributed by atoms with van der Waals surface area (Å²) in [4.78, 5) is 11.4. The van der Waals surface area contributed by atoms with Crippen LogP contribution in [0.25, 0.3) is 0 Å². The fourth-order valence-corrected chi connectivity index (χ4v) is 4.10. The lowest BCUT2D eigenvalue weighted by Gasteiger charge is -2.44. The lowest BCUT2D eigenvalue weighted by molar-refractivity contribution is -0.148. The number of esters is 1. The standard InChI is InChI=1S/C25H25NO3/c1-18(28-19(2)27)17-24-26-23-16-10-9-15-22(23)25(29-24,20-11-5-3-6-12-20)21-13-7-4-8-14-21/h3-16,18,24,26H,17H2,1-2H3/t18-,24-/m1/s1. The molecular formula is C25H25NO3. The van der Waals surface area contributed by atoms with E-state index in [2.05, 4.69) is 41.7 Å². The fourth-order valence-electron chi connectivity index (χ4n) is 4.10. The van der Waals surface area contributed by atoms with Crippen molar-refractivity contribution < 1.29 is 14.3 Å². The molecule has 0 spiro atoms. The van der Waals surface area contributed by atoms with Crippen molar-refractivity contribution in [2.24, 2.45) is 0 Å². The molecule has 1 aliphatic heterocycles. The largest absolute Gasteiger partial charge is 0.463 e. The summed E-state index contributed by atoms with van der Waals surface area (Å²) < 4.78 is 12.2. The van der Waals surface area contributed by atoms with Crippen molar-refractivity contribution in [3.05, 3.63) is 102 Å². The molecule has 0 bridgehead atoms. The van der Waals surface area contributed by atoms with Gasteiger partial charge in [0, 0.05) is 24.6 Å². The van der Waals surface area contributed by atoms with Gasteiger partial charge in [-0.15, -0.1) is 0 Å². The van der Waals surface area contributed by atoms with Crippen LogP contribution < -0.4 is 5.32 Å². The molecule has 2 atom stereocenters. The number of hydrogen-bond donors (Lipinski definition) is 1. The number of ether oxygens (including phenoxy) is 2. The molecule has 0 aromatic heterocycles. The van der Waals surface area contributed by atoms with Crippen molar-refractivity contribution in [1.82, 2.24) is 0 Å². The third-order valence-corrected chi connectivity index (χ3v) is 5.22. The van der Waals surface area contributed by atoms with Crippen LogP contribution in [-0.2, 0) is 19.9 Å². The Labute approximate surface area is 171 Å². The zero-order valence-corrected chi connectivity index (χ0v) is 16.7. The maximum atomic E-state index is 11.4. The zero-order chi connectivity index (χ0) is 20.3. The van der Waals surface area contributed by atoms with Crippen LogP contribution in [0.1, 0.15) is 37.0 Å². The number of rotatable bonds is 5. The molecule has 3 aromatic carbocycles. The molecule has 1 N–H and O–H groups in total. The summed E-state index contributed by atoms with van der Waals surface area (Å²) in [5.74, 6) is -0.286. The van der Waals surface area contributed by atoms with Gasteiger partial charge in [0.05, 0.1) is 0 Å². The maximum absolute atomic E-state index is 11.4. The van der Waals surface area contributed by atoms with E-state index in [-0.39, 0.29) is 18.3 Å². The molecule has 1 heterocycles. The molecule has 0 amide bonds. The first-order valence-corrected chi connectivity index (χ1v) is 9.92. The summed E-state index contributed by atoms with van der Waals surface area (Å²) in [6.45, 7) is 3.32. The zero-order valence-electron chi connectivity index (χ0n) is 16.7. The SMILES string of the molecule is CC(=O)O[C@H](C)C[C@@H]1Nc2ccccc2C(c2ccccc2)(c2ccccc2)O1. The van der Waals surface area contributed by atoms with Gasteiger partial charge in [0.2, 0.25) is 0 Å². The average molecular weight is 387 g/mol. The molecule has 1 aliphatic rings. The summed E-state index contributed by atoms with van der Waals surface area (Å²) in [6, 6.07) is 28.8. The van der Waals surface area contributed by atoms with Gasteiger partial charge in [-0.1, -0.05) is 78.9 Å². The molecule has 0 saturated carbocycles. The Bertz CT molecular complexity index is 932. The van der Waals surface area contributed by atoms with Crippen molar-refractivity contribution in [1.29, 1.82) is 0 Å². The molecule has 4 rings (SSSR count). The van der Waals surface area contributed by atoms with Crippen LogP contribution in [0.4, 0.5) is 5.69 Å². The molecule has 0 unspecified atom stereocenters. The lowest BCUT2D eigenvalue weighted by Crippen LogP contribution is -2.45. The highest BCUT2D eigenvalue weighted by Crippen LogP contribution is 2.47. The predicted octanol–water partition coefficient (Wildman–Crippen LogP) is 5.09. The van der Waals surface area contributed by atoms with Crippen LogP contribution in [0.5, 0.6) is 0 Å². The monoisotopic (exact) mass is 387 g/mol. The van der Waals surface area contributed by atoms with E-state index in [0.717, 1.165) is 22.4 Å². The number of hydrogen-bond acceptors (Lipinski definition) is 4. The van der Waals surface area contributed by atoms with Gasteiger partial charge in [-0.05, 0) is 24.1 Å². The van der Waals surface area contributed by atoms with Crippen molar-refractivity contribution in [3.63, 3.8) is 0 Å². The van der Waals surface area contributed by atoms with Gasteiger partial charge in [-0.2, -0.15) is 0 Å². The molecular weight excluding hydrogens is 362 g/mol. The van der Waals surface area contributed by atoms with Crippen molar-refractivity contribution in [3.8, 4) is 0 Å².